The van der Waals surface area contributed by atoms with Crippen LogP contribution < -0.4 is 15.0 Å². The van der Waals surface area contributed by atoms with E-state index in [1.165, 1.54) is 11.9 Å². The van der Waals surface area contributed by atoms with E-state index in [2.05, 4.69) is 5.32 Å². The van der Waals surface area contributed by atoms with Gasteiger partial charge in [-0.25, -0.2) is 0 Å². The van der Waals surface area contributed by atoms with Crippen molar-refractivity contribution in [3.63, 3.8) is 0 Å². The first-order valence-corrected chi connectivity index (χ1v) is 7.77. The molecular formula is C18H15F3N2O3. The predicted octanol–water partition coefficient (Wildman–Crippen LogP) is 2.86. The van der Waals surface area contributed by atoms with E-state index in [0.29, 0.717) is 11.4 Å². The number of nitrogens with one attached hydrogen (secondary N) is 1. The van der Waals surface area contributed by atoms with Crippen LogP contribution in [0.1, 0.15) is 15.9 Å². The van der Waals surface area contributed by atoms with Gasteiger partial charge in [0.05, 0.1) is 17.8 Å². The van der Waals surface area contributed by atoms with Gasteiger partial charge in [-0.3, -0.25) is 9.59 Å². The summed E-state index contributed by atoms with van der Waals surface area (Å²) in [5, 5.41) is 2.46. The fourth-order valence-corrected chi connectivity index (χ4v) is 2.68. The quantitative estimate of drug-likeness (QED) is 0.892. The number of carbonyl (C=O) groups excluding carboxylic acids is 2. The minimum absolute atomic E-state index is 0.0451. The Morgan fingerprint density at radius 1 is 1.12 bits per heavy atom. The van der Waals surface area contributed by atoms with Crippen molar-refractivity contribution < 1.29 is 27.5 Å². The van der Waals surface area contributed by atoms with Crippen molar-refractivity contribution >= 4 is 17.5 Å². The van der Waals surface area contributed by atoms with Crippen LogP contribution in [0, 0.1) is 0 Å². The minimum atomic E-state index is -4.47. The number of alkyl halides is 3. The number of likely N-dealkylation sites (N-methyl/N-ethyl adjacent to an activating group) is 1. The van der Waals surface area contributed by atoms with E-state index in [-0.39, 0.29) is 12.1 Å². The molecule has 1 heterocycles. The molecule has 0 aliphatic carbocycles. The summed E-state index contributed by atoms with van der Waals surface area (Å²) in [6.45, 7) is -0.0451. The van der Waals surface area contributed by atoms with Crippen LogP contribution in [-0.4, -0.2) is 31.5 Å². The largest absolute Gasteiger partial charge is 0.477 e. The van der Waals surface area contributed by atoms with Gasteiger partial charge in [-0.05, 0) is 36.4 Å². The van der Waals surface area contributed by atoms with E-state index in [0.717, 1.165) is 24.3 Å². The summed E-state index contributed by atoms with van der Waals surface area (Å²) in [6, 6.07) is 10.6. The van der Waals surface area contributed by atoms with Gasteiger partial charge in [0.15, 0.2) is 6.10 Å². The fraction of sp³-hybridized carbons (Fsp3) is 0.222. The molecule has 26 heavy (non-hydrogen) atoms. The Bertz CT molecular complexity index is 834. The molecule has 1 aliphatic heterocycles. The number of para-hydroxylation sites is 2. The standard InChI is InChI=1S/C18H15F3N2O3/c1-22-16(24)15-10-23(13-4-2-3-5-14(13)26-15)17(25)11-6-8-12(9-7-11)18(19,20)21/h2-9,15H,10H2,1H3,(H,22,24)/t15-/m0/s1. The first-order chi connectivity index (χ1) is 12.3. The number of amides is 2. The molecule has 0 saturated carbocycles. The minimum Gasteiger partial charge on any atom is -0.477 e. The van der Waals surface area contributed by atoms with Gasteiger partial charge in [-0.1, -0.05) is 12.1 Å². The van der Waals surface area contributed by atoms with Crippen LogP contribution in [0.2, 0.25) is 0 Å². The van der Waals surface area contributed by atoms with Crippen molar-refractivity contribution in [1.82, 2.24) is 5.32 Å². The Kier molecular flexibility index (Phi) is 4.58. The second-order valence-electron chi connectivity index (χ2n) is 5.68. The number of hydrogen-bond acceptors (Lipinski definition) is 3. The molecule has 0 bridgehead atoms. The average molecular weight is 364 g/mol. The molecule has 1 atom stereocenters. The van der Waals surface area contributed by atoms with Crippen LogP contribution in [0.25, 0.3) is 0 Å². The number of halogens is 3. The highest BCUT2D eigenvalue weighted by atomic mass is 19.4. The zero-order valence-electron chi connectivity index (χ0n) is 13.7. The third kappa shape index (κ3) is 3.35. The van der Waals surface area contributed by atoms with Crippen LogP contribution in [0.3, 0.4) is 0 Å². The molecule has 5 nitrogen and oxygen atoms in total. The van der Waals surface area contributed by atoms with Gasteiger partial charge < -0.3 is 15.0 Å². The second kappa shape index (κ2) is 6.70. The number of carbonyl (C=O) groups is 2. The van der Waals surface area contributed by atoms with Crippen LogP contribution in [0.4, 0.5) is 18.9 Å². The maximum Gasteiger partial charge on any atom is 0.416 e. The molecule has 3 rings (SSSR count). The van der Waals surface area contributed by atoms with E-state index >= 15 is 0 Å². The molecule has 1 N–H and O–H groups in total. The Morgan fingerprint density at radius 2 is 1.77 bits per heavy atom. The van der Waals surface area contributed by atoms with Gasteiger partial charge in [-0.15, -0.1) is 0 Å². The zero-order chi connectivity index (χ0) is 18.9. The number of hydrogen-bond donors (Lipinski definition) is 1. The highest BCUT2D eigenvalue weighted by molar-refractivity contribution is 6.07. The molecule has 0 spiro atoms. The summed E-state index contributed by atoms with van der Waals surface area (Å²) < 4.78 is 43.7. The van der Waals surface area contributed by atoms with E-state index in [1.54, 1.807) is 24.3 Å². The summed E-state index contributed by atoms with van der Waals surface area (Å²) in [5.74, 6) is -0.555. The normalized spacial score (nSPS) is 16.5. The van der Waals surface area contributed by atoms with Crippen LogP contribution in [0.15, 0.2) is 48.5 Å². The molecular weight excluding hydrogens is 349 g/mol. The van der Waals surface area contributed by atoms with Gasteiger partial charge in [-0.2, -0.15) is 13.2 Å². The topological polar surface area (TPSA) is 58.6 Å². The van der Waals surface area contributed by atoms with Crippen molar-refractivity contribution in [2.45, 2.75) is 12.3 Å². The van der Waals surface area contributed by atoms with Gasteiger partial charge in [0.2, 0.25) is 0 Å². The summed E-state index contributed by atoms with van der Waals surface area (Å²) in [5.41, 5.74) is -0.289. The number of benzene rings is 2. The van der Waals surface area contributed by atoms with Crippen LogP contribution >= 0.6 is 0 Å². The molecule has 1 aliphatic rings. The molecule has 2 aromatic carbocycles. The molecule has 0 unspecified atom stereocenters. The highest BCUT2D eigenvalue weighted by Gasteiger charge is 2.34. The lowest BCUT2D eigenvalue weighted by molar-refractivity contribution is -0.137. The van der Waals surface area contributed by atoms with Crippen molar-refractivity contribution in [3.8, 4) is 5.75 Å². The third-order valence-corrected chi connectivity index (χ3v) is 4.02. The zero-order valence-corrected chi connectivity index (χ0v) is 13.7. The Morgan fingerprint density at radius 3 is 2.38 bits per heavy atom. The number of rotatable bonds is 2. The molecule has 0 aromatic heterocycles. The molecule has 8 heteroatoms. The van der Waals surface area contributed by atoms with Crippen molar-refractivity contribution in [2.75, 3.05) is 18.5 Å². The van der Waals surface area contributed by atoms with Crippen molar-refractivity contribution in [3.05, 3.63) is 59.7 Å². The first kappa shape index (κ1) is 17.8. The summed E-state index contributed by atoms with van der Waals surface area (Å²) in [7, 11) is 1.45. The van der Waals surface area contributed by atoms with Gasteiger partial charge in [0.25, 0.3) is 11.8 Å². The van der Waals surface area contributed by atoms with E-state index in [4.69, 9.17) is 4.74 Å². The number of anilines is 1. The maximum absolute atomic E-state index is 12.8. The highest BCUT2D eigenvalue weighted by Crippen LogP contribution is 2.34. The van der Waals surface area contributed by atoms with Crippen LogP contribution in [0.5, 0.6) is 5.75 Å². The molecule has 0 radical (unpaired) electrons. The number of nitrogens with zero attached hydrogens (tertiary/aromatic N) is 1. The van der Waals surface area contributed by atoms with Crippen LogP contribution in [-0.2, 0) is 11.0 Å². The lowest BCUT2D eigenvalue weighted by Crippen LogP contribution is -2.50. The van der Waals surface area contributed by atoms with E-state index in [1.807, 2.05) is 0 Å². The van der Waals surface area contributed by atoms with Gasteiger partial charge in [0.1, 0.15) is 5.75 Å². The average Bonchev–Trinajstić information content (AvgIpc) is 2.65. The van der Waals surface area contributed by atoms with E-state index in [9.17, 15) is 22.8 Å². The Labute approximate surface area is 147 Å². The fourth-order valence-electron chi connectivity index (χ4n) is 2.68. The SMILES string of the molecule is CNC(=O)[C@@H]1CN(C(=O)c2ccc(C(F)(F)F)cc2)c2ccccc2O1. The van der Waals surface area contributed by atoms with Crippen molar-refractivity contribution in [1.29, 1.82) is 0 Å². The first-order valence-electron chi connectivity index (χ1n) is 7.77. The smallest absolute Gasteiger partial charge is 0.416 e. The summed E-state index contributed by atoms with van der Waals surface area (Å²) >= 11 is 0. The molecule has 2 amide bonds. The Balaban J connectivity index is 1.93. The van der Waals surface area contributed by atoms with E-state index < -0.39 is 29.7 Å². The van der Waals surface area contributed by atoms with Gasteiger partial charge >= 0.3 is 6.18 Å². The number of fused-ring (bicyclic) bond motifs is 1. The lowest BCUT2D eigenvalue weighted by atomic mass is 10.1. The molecule has 0 fully saturated rings. The maximum atomic E-state index is 12.8. The van der Waals surface area contributed by atoms with Crippen molar-refractivity contribution in [2.24, 2.45) is 0 Å². The third-order valence-electron chi connectivity index (χ3n) is 4.02. The molecule has 0 saturated heterocycles. The predicted molar refractivity (Wildman–Crippen MR) is 88.0 cm³/mol. The monoisotopic (exact) mass is 364 g/mol. The second-order valence-corrected chi connectivity index (χ2v) is 5.68. The number of ether oxygens (including phenoxy) is 1. The summed E-state index contributed by atoms with van der Waals surface area (Å²) in [4.78, 5) is 26.1. The molecule has 2 aromatic rings. The molecule has 136 valence electrons. The van der Waals surface area contributed by atoms with Gasteiger partial charge in [0, 0.05) is 12.6 Å². The summed E-state index contributed by atoms with van der Waals surface area (Å²) in [6.07, 6.45) is -5.38. The Hall–Kier alpha value is -3.03. The lowest BCUT2D eigenvalue weighted by Gasteiger charge is -2.34.